The minimum atomic E-state index is -0.684. The van der Waals surface area contributed by atoms with Gasteiger partial charge in [0.05, 0.1) is 6.20 Å². The van der Waals surface area contributed by atoms with Crippen LogP contribution in [0.2, 0.25) is 0 Å². The minimum absolute atomic E-state index is 0.105. The highest BCUT2D eigenvalue weighted by atomic mass is 19.1. The van der Waals surface area contributed by atoms with Gasteiger partial charge in [-0.25, -0.2) is 8.78 Å². The summed E-state index contributed by atoms with van der Waals surface area (Å²) in [6, 6.07) is 8.50. The van der Waals surface area contributed by atoms with Crippen LogP contribution in [0, 0.1) is 11.6 Å². The zero-order valence-corrected chi connectivity index (χ0v) is 13.3. The van der Waals surface area contributed by atoms with Gasteiger partial charge in [0.2, 0.25) is 0 Å². The molecule has 4 nitrogen and oxygen atoms in total. The van der Waals surface area contributed by atoms with Crippen LogP contribution in [0.3, 0.4) is 0 Å². The molecular weight excluding hydrogens is 324 g/mol. The predicted octanol–water partition coefficient (Wildman–Crippen LogP) is 4.71. The van der Waals surface area contributed by atoms with E-state index in [-0.39, 0.29) is 5.75 Å². The number of hydrogen-bond donors (Lipinski definition) is 0. The molecule has 0 saturated heterocycles. The van der Waals surface area contributed by atoms with E-state index in [4.69, 9.17) is 4.74 Å². The quantitative estimate of drug-likeness (QED) is 0.544. The van der Waals surface area contributed by atoms with Crippen molar-refractivity contribution in [3.05, 3.63) is 72.8 Å². The predicted molar refractivity (Wildman–Crippen MR) is 90.4 cm³/mol. The lowest BCUT2D eigenvalue weighted by atomic mass is 10.0. The van der Waals surface area contributed by atoms with E-state index in [9.17, 15) is 8.78 Å². The van der Waals surface area contributed by atoms with Crippen molar-refractivity contribution in [3.8, 4) is 22.6 Å². The van der Waals surface area contributed by atoms with Crippen molar-refractivity contribution in [2.24, 2.45) is 7.05 Å². The number of rotatable bonds is 3. The highest BCUT2D eigenvalue weighted by Gasteiger charge is 2.09. The molecule has 0 N–H and O–H groups in total. The highest BCUT2D eigenvalue weighted by molar-refractivity contribution is 5.96. The molecule has 0 spiro atoms. The van der Waals surface area contributed by atoms with Crippen molar-refractivity contribution in [2.75, 3.05) is 0 Å². The maximum Gasteiger partial charge on any atom is 0.133 e. The Labute approximate surface area is 142 Å². The average molecular weight is 337 g/mol. The van der Waals surface area contributed by atoms with Crippen LogP contribution < -0.4 is 4.74 Å². The van der Waals surface area contributed by atoms with E-state index in [1.807, 2.05) is 25.4 Å². The first kappa shape index (κ1) is 15.3. The number of aryl methyl sites for hydroxylation is 1. The monoisotopic (exact) mass is 337 g/mol. The standard InChI is InChI=1S/C19H13F2N3O/c1-24-11-13(9-23-24)19-10-22-8-12-2-3-16(7-18(12)19)25-17-5-14(20)4-15(21)6-17/h2-11H,1H3. The Balaban J connectivity index is 1.78. The summed E-state index contributed by atoms with van der Waals surface area (Å²) in [5.41, 5.74) is 1.83. The topological polar surface area (TPSA) is 39.9 Å². The van der Waals surface area contributed by atoms with Gasteiger partial charge in [-0.05, 0) is 23.6 Å². The summed E-state index contributed by atoms with van der Waals surface area (Å²) < 4.78 is 34.0. The van der Waals surface area contributed by atoms with E-state index in [0.717, 1.165) is 40.1 Å². The maximum atomic E-state index is 13.3. The van der Waals surface area contributed by atoms with Gasteiger partial charge in [-0.1, -0.05) is 0 Å². The molecule has 0 aliphatic rings. The summed E-state index contributed by atoms with van der Waals surface area (Å²) in [5, 5.41) is 6.03. The van der Waals surface area contributed by atoms with Crippen molar-refractivity contribution >= 4 is 10.8 Å². The van der Waals surface area contributed by atoms with E-state index in [2.05, 4.69) is 10.1 Å². The molecular formula is C19H13F2N3O. The summed E-state index contributed by atoms with van der Waals surface area (Å²) in [7, 11) is 1.84. The molecule has 0 atom stereocenters. The van der Waals surface area contributed by atoms with Crippen molar-refractivity contribution < 1.29 is 13.5 Å². The zero-order chi connectivity index (χ0) is 17.4. The molecule has 0 unspecified atom stereocenters. The second-order valence-electron chi connectivity index (χ2n) is 5.68. The molecule has 124 valence electrons. The van der Waals surface area contributed by atoms with Gasteiger partial charge in [0.1, 0.15) is 23.1 Å². The fraction of sp³-hybridized carbons (Fsp3) is 0.0526. The Hall–Kier alpha value is -3.28. The molecule has 2 aromatic carbocycles. The zero-order valence-electron chi connectivity index (χ0n) is 13.3. The second-order valence-corrected chi connectivity index (χ2v) is 5.68. The fourth-order valence-corrected chi connectivity index (χ4v) is 2.72. The largest absolute Gasteiger partial charge is 0.457 e. The Morgan fingerprint density at radius 1 is 0.920 bits per heavy atom. The lowest BCUT2D eigenvalue weighted by molar-refractivity contribution is 0.469. The maximum absolute atomic E-state index is 13.3. The molecule has 0 fully saturated rings. The Morgan fingerprint density at radius 3 is 2.44 bits per heavy atom. The smallest absolute Gasteiger partial charge is 0.133 e. The van der Waals surface area contributed by atoms with Crippen LogP contribution in [0.4, 0.5) is 8.78 Å². The van der Waals surface area contributed by atoms with Crippen LogP contribution in [0.1, 0.15) is 0 Å². The number of hydrogen-bond acceptors (Lipinski definition) is 3. The lowest BCUT2D eigenvalue weighted by Gasteiger charge is -2.09. The molecule has 6 heteroatoms. The third kappa shape index (κ3) is 3.06. The van der Waals surface area contributed by atoms with E-state index in [0.29, 0.717) is 5.75 Å². The third-order valence-electron chi connectivity index (χ3n) is 3.82. The van der Waals surface area contributed by atoms with Crippen LogP contribution >= 0.6 is 0 Å². The van der Waals surface area contributed by atoms with Crippen LogP contribution in [0.25, 0.3) is 21.9 Å². The van der Waals surface area contributed by atoms with Gasteiger partial charge in [0, 0.05) is 60.4 Å². The molecule has 0 bridgehead atoms. The second kappa shape index (κ2) is 5.98. The number of pyridine rings is 1. The summed E-state index contributed by atoms with van der Waals surface area (Å²) in [4.78, 5) is 4.26. The van der Waals surface area contributed by atoms with Crippen molar-refractivity contribution in [3.63, 3.8) is 0 Å². The minimum Gasteiger partial charge on any atom is -0.457 e. The number of halogens is 2. The van der Waals surface area contributed by atoms with Gasteiger partial charge >= 0.3 is 0 Å². The number of nitrogens with zero attached hydrogens (tertiary/aromatic N) is 3. The van der Waals surface area contributed by atoms with Gasteiger partial charge in [-0.15, -0.1) is 0 Å². The van der Waals surface area contributed by atoms with Gasteiger partial charge in [-0.3, -0.25) is 9.67 Å². The Bertz CT molecular complexity index is 1060. The average Bonchev–Trinajstić information content (AvgIpc) is 2.99. The molecule has 0 amide bonds. The summed E-state index contributed by atoms with van der Waals surface area (Å²) in [6.45, 7) is 0. The van der Waals surface area contributed by atoms with Crippen LogP contribution in [0.5, 0.6) is 11.5 Å². The van der Waals surface area contributed by atoms with E-state index < -0.39 is 11.6 Å². The molecule has 0 radical (unpaired) electrons. The number of aromatic nitrogens is 3. The van der Waals surface area contributed by atoms with Crippen molar-refractivity contribution in [1.82, 2.24) is 14.8 Å². The first-order valence-corrected chi connectivity index (χ1v) is 7.59. The van der Waals surface area contributed by atoms with Crippen molar-refractivity contribution in [1.29, 1.82) is 0 Å². The first-order valence-electron chi connectivity index (χ1n) is 7.59. The molecule has 0 aliphatic carbocycles. The summed E-state index contributed by atoms with van der Waals surface area (Å²) >= 11 is 0. The van der Waals surface area contributed by atoms with Crippen LogP contribution in [-0.4, -0.2) is 14.8 Å². The molecule has 4 rings (SSSR count). The van der Waals surface area contributed by atoms with E-state index in [1.165, 1.54) is 0 Å². The van der Waals surface area contributed by atoms with Gasteiger partial charge in [0.25, 0.3) is 0 Å². The number of fused-ring (bicyclic) bond motifs is 1. The SMILES string of the molecule is Cn1cc(-c2cncc3ccc(Oc4cc(F)cc(F)c4)cc23)cn1. The number of ether oxygens (including phenoxy) is 1. The van der Waals surface area contributed by atoms with Crippen molar-refractivity contribution in [2.45, 2.75) is 0 Å². The normalized spacial score (nSPS) is 11.0. The third-order valence-corrected chi connectivity index (χ3v) is 3.82. The molecule has 2 heterocycles. The number of benzene rings is 2. The molecule has 25 heavy (non-hydrogen) atoms. The van der Waals surface area contributed by atoms with Crippen LogP contribution in [-0.2, 0) is 7.05 Å². The molecule has 4 aromatic rings. The van der Waals surface area contributed by atoms with E-state index in [1.54, 1.807) is 29.3 Å². The summed E-state index contributed by atoms with van der Waals surface area (Å²) in [6.07, 6.45) is 7.16. The molecule has 0 saturated carbocycles. The first-order chi connectivity index (χ1) is 12.1. The van der Waals surface area contributed by atoms with E-state index >= 15 is 0 Å². The van der Waals surface area contributed by atoms with Crippen LogP contribution in [0.15, 0.2) is 61.2 Å². The van der Waals surface area contributed by atoms with Gasteiger partial charge < -0.3 is 4.74 Å². The Morgan fingerprint density at radius 2 is 1.72 bits per heavy atom. The molecule has 2 aromatic heterocycles. The van der Waals surface area contributed by atoms with Gasteiger partial charge in [0.15, 0.2) is 0 Å². The molecule has 0 aliphatic heterocycles. The fourth-order valence-electron chi connectivity index (χ4n) is 2.72. The summed E-state index contributed by atoms with van der Waals surface area (Å²) in [5.74, 6) is -0.783. The van der Waals surface area contributed by atoms with Gasteiger partial charge in [-0.2, -0.15) is 5.10 Å². The highest BCUT2D eigenvalue weighted by Crippen LogP contribution is 2.32. The lowest BCUT2D eigenvalue weighted by Crippen LogP contribution is -1.89. The Kier molecular flexibility index (Phi) is 3.65.